The lowest BCUT2D eigenvalue weighted by molar-refractivity contribution is -0.136. The van der Waals surface area contributed by atoms with Gasteiger partial charge >= 0.3 is 11.9 Å². The van der Waals surface area contributed by atoms with Gasteiger partial charge in [-0.05, 0) is 31.1 Å². The average molecular weight is 302 g/mol. The van der Waals surface area contributed by atoms with E-state index in [1.807, 2.05) is 6.07 Å². The molecule has 0 radical (unpaired) electrons. The Morgan fingerprint density at radius 3 is 2.41 bits per heavy atom. The van der Waals surface area contributed by atoms with Crippen molar-refractivity contribution in [2.24, 2.45) is 0 Å². The third-order valence-electron chi connectivity index (χ3n) is 3.62. The van der Waals surface area contributed by atoms with Gasteiger partial charge in [-0.15, -0.1) is 0 Å². The molecular formula is C16H18N2O4. The van der Waals surface area contributed by atoms with Crippen molar-refractivity contribution < 1.29 is 19.1 Å². The van der Waals surface area contributed by atoms with Crippen molar-refractivity contribution in [2.75, 3.05) is 14.2 Å². The first-order valence-corrected chi connectivity index (χ1v) is 6.76. The summed E-state index contributed by atoms with van der Waals surface area (Å²) in [5.74, 6) is -0.985. The van der Waals surface area contributed by atoms with E-state index in [2.05, 4.69) is 10.3 Å². The zero-order chi connectivity index (χ0) is 16.3. The third kappa shape index (κ3) is 2.72. The zero-order valence-electron chi connectivity index (χ0n) is 13.0. The Balaban J connectivity index is 2.59. The van der Waals surface area contributed by atoms with Gasteiger partial charge in [-0.3, -0.25) is 4.98 Å². The number of carbonyl (C=O) groups is 2. The SMILES string of the molecule is COC(=O)C1=C(C)N[C@H](c2cccnc2)C(C(=O)OC)=C1C. The van der Waals surface area contributed by atoms with Gasteiger partial charge in [0.1, 0.15) is 0 Å². The van der Waals surface area contributed by atoms with Crippen molar-refractivity contribution >= 4 is 11.9 Å². The molecule has 0 saturated heterocycles. The minimum atomic E-state index is -0.493. The smallest absolute Gasteiger partial charge is 0.339 e. The number of esters is 2. The van der Waals surface area contributed by atoms with Gasteiger partial charge in [-0.1, -0.05) is 6.07 Å². The number of rotatable bonds is 3. The first-order chi connectivity index (χ1) is 10.5. The molecule has 0 saturated carbocycles. The predicted octanol–water partition coefficient (Wildman–Crippen LogP) is 1.66. The highest BCUT2D eigenvalue weighted by atomic mass is 16.5. The van der Waals surface area contributed by atoms with Crippen LogP contribution in [0.2, 0.25) is 0 Å². The molecule has 0 unspecified atom stereocenters. The van der Waals surface area contributed by atoms with E-state index in [1.54, 1.807) is 32.3 Å². The first-order valence-electron chi connectivity index (χ1n) is 6.76. The van der Waals surface area contributed by atoms with Crippen molar-refractivity contribution in [3.63, 3.8) is 0 Å². The Morgan fingerprint density at radius 2 is 1.86 bits per heavy atom. The van der Waals surface area contributed by atoms with E-state index in [1.165, 1.54) is 14.2 Å². The Morgan fingerprint density at radius 1 is 1.18 bits per heavy atom. The molecule has 6 heteroatoms. The van der Waals surface area contributed by atoms with Gasteiger partial charge < -0.3 is 14.8 Å². The van der Waals surface area contributed by atoms with E-state index in [9.17, 15) is 9.59 Å². The fourth-order valence-electron chi connectivity index (χ4n) is 2.58. The van der Waals surface area contributed by atoms with Crippen LogP contribution in [0.15, 0.2) is 46.9 Å². The number of aromatic nitrogens is 1. The standard InChI is InChI=1S/C16H18N2O4/c1-9-12(15(19)21-3)10(2)18-14(13(9)16(20)22-4)11-6-5-7-17-8-11/h5-8,14,18H,1-4H3/t14-/m1/s1. The third-order valence-corrected chi connectivity index (χ3v) is 3.62. The summed E-state index contributed by atoms with van der Waals surface area (Å²) < 4.78 is 9.67. The lowest BCUT2D eigenvalue weighted by atomic mass is 9.87. The number of methoxy groups -OCH3 is 2. The quantitative estimate of drug-likeness (QED) is 0.856. The first kappa shape index (κ1) is 15.8. The summed E-state index contributed by atoms with van der Waals surface area (Å²) in [7, 11) is 2.62. The fourth-order valence-corrected chi connectivity index (χ4v) is 2.58. The summed E-state index contributed by atoms with van der Waals surface area (Å²) in [6.07, 6.45) is 3.33. The Bertz CT molecular complexity index is 662. The van der Waals surface area contributed by atoms with E-state index in [-0.39, 0.29) is 0 Å². The number of allylic oxidation sites excluding steroid dienone is 1. The number of hydrogen-bond donors (Lipinski definition) is 1. The van der Waals surface area contributed by atoms with Crippen LogP contribution in [0.5, 0.6) is 0 Å². The zero-order valence-corrected chi connectivity index (χ0v) is 13.0. The highest BCUT2D eigenvalue weighted by Gasteiger charge is 2.34. The van der Waals surface area contributed by atoms with Crippen molar-refractivity contribution in [2.45, 2.75) is 19.9 Å². The normalized spacial score (nSPS) is 17.9. The number of carbonyl (C=O) groups excluding carboxylic acids is 2. The van der Waals surface area contributed by atoms with Crippen LogP contribution in [-0.4, -0.2) is 31.1 Å². The van der Waals surface area contributed by atoms with Crippen molar-refractivity contribution in [3.8, 4) is 0 Å². The van der Waals surface area contributed by atoms with Gasteiger partial charge in [0.25, 0.3) is 0 Å². The summed E-state index contributed by atoms with van der Waals surface area (Å²) in [6, 6.07) is 3.22. The molecule has 1 aliphatic heterocycles. The minimum absolute atomic E-state index is 0.350. The minimum Gasteiger partial charge on any atom is -0.466 e. The number of nitrogens with one attached hydrogen (secondary N) is 1. The maximum atomic E-state index is 12.2. The van der Waals surface area contributed by atoms with Crippen LogP contribution in [0.25, 0.3) is 0 Å². The molecule has 2 heterocycles. The van der Waals surface area contributed by atoms with Crippen molar-refractivity contribution in [1.29, 1.82) is 0 Å². The topological polar surface area (TPSA) is 77.5 Å². The van der Waals surface area contributed by atoms with Gasteiger partial charge in [0.15, 0.2) is 0 Å². The molecule has 1 atom stereocenters. The van der Waals surface area contributed by atoms with Gasteiger partial charge in [-0.25, -0.2) is 9.59 Å². The molecule has 0 fully saturated rings. The fraction of sp³-hybridized carbons (Fsp3) is 0.312. The van der Waals surface area contributed by atoms with E-state index < -0.39 is 18.0 Å². The van der Waals surface area contributed by atoms with Crippen LogP contribution in [0.4, 0.5) is 0 Å². The predicted molar refractivity (Wildman–Crippen MR) is 79.5 cm³/mol. The second-order valence-corrected chi connectivity index (χ2v) is 4.89. The van der Waals surface area contributed by atoms with Gasteiger partial charge in [0, 0.05) is 18.1 Å². The van der Waals surface area contributed by atoms with Crippen LogP contribution in [0.1, 0.15) is 25.5 Å². The second kappa shape index (κ2) is 6.43. The van der Waals surface area contributed by atoms with Gasteiger partial charge in [-0.2, -0.15) is 0 Å². The van der Waals surface area contributed by atoms with Gasteiger partial charge in [0.05, 0.1) is 31.4 Å². The number of nitrogens with zero attached hydrogens (tertiary/aromatic N) is 1. The van der Waals surface area contributed by atoms with Crippen LogP contribution in [0.3, 0.4) is 0 Å². The molecule has 0 spiro atoms. The molecule has 1 aromatic heterocycles. The van der Waals surface area contributed by atoms with Crippen LogP contribution in [0, 0.1) is 0 Å². The molecular weight excluding hydrogens is 284 g/mol. The van der Waals surface area contributed by atoms with E-state index in [0.717, 1.165) is 5.56 Å². The Kier molecular flexibility index (Phi) is 4.60. The van der Waals surface area contributed by atoms with Crippen LogP contribution < -0.4 is 5.32 Å². The van der Waals surface area contributed by atoms with Crippen LogP contribution in [-0.2, 0) is 19.1 Å². The summed E-state index contributed by atoms with van der Waals surface area (Å²) in [4.78, 5) is 28.3. The molecule has 0 aliphatic carbocycles. The average Bonchev–Trinajstić information content (AvgIpc) is 2.54. The molecule has 0 aromatic carbocycles. The summed E-state index contributed by atoms with van der Waals surface area (Å²) in [5, 5.41) is 3.17. The van der Waals surface area contributed by atoms with E-state index in [0.29, 0.717) is 22.4 Å². The number of ether oxygens (including phenoxy) is 2. The lowest BCUT2D eigenvalue weighted by Gasteiger charge is -2.30. The van der Waals surface area contributed by atoms with E-state index in [4.69, 9.17) is 9.47 Å². The summed E-state index contributed by atoms with van der Waals surface area (Å²) in [5.41, 5.74) is 2.73. The number of hydrogen-bond acceptors (Lipinski definition) is 6. The van der Waals surface area contributed by atoms with Crippen molar-refractivity contribution in [1.82, 2.24) is 10.3 Å². The lowest BCUT2D eigenvalue weighted by Crippen LogP contribution is -2.33. The highest BCUT2D eigenvalue weighted by molar-refractivity contribution is 6.00. The van der Waals surface area contributed by atoms with E-state index >= 15 is 0 Å². The summed E-state index contributed by atoms with van der Waals surface area (Å²) in [6.45, 7) is 3.49. The molecule has 1 N–H and O–H groups in total. The highest BCUT2D eigenvalue weighted by Crippen LogP contribution is 2.34. The molecule has 6 nitrogen and oxygen atoms in total. The Hall–Kier alpha value is -2.63. The second-order valence-electron chi connectivity index (χ2n) is 4.89. The summed E-state index contributed by atoms with van der Waals surface area (Å²) >= 11 is 0. The molecule has 116 valence electrons. The molecule has 1 aromatic rings. The van der Waals surface area contributed by atoms with Crippen LogP contribution >= 0.6 is 0 Å². The molecule has 22 heavy (non-hydrogen) atoms. The largest absolute Gasteiger partial charge is 0.466 e. The maximum absolute atomic E-state index is 12.2. The molecule has 1 aliphatic rings. The van der Waals surface area contributed by atoms with Crippen molar-refractivity contribution in [3.05, 3.63) is 52.5 Å². The molecule has 2 rings (SSSR count). The van der Waals surface area contributed by atoms with Gasteiger partial charge in [0.2, 0.25) is 0 Å². The number of dihydropyridines is 1. The monoisotopic (exact) mass is 302 g/mol. The number of pyridine rings is 1. The maximum Gasteiger partial charge on any atom is 0.339 e. The Labute approximate surface area is 128 Å². The molecule has 0 bridgehead atoms. The molecule has 0 amide bonds.